The average molecular weight is 343 g/mol. The first-order valence-electron chi connectivity index (χ1n) is 8.28. The first-order valence-corrected chi connectivity index (χ1v) is 9.16. The number of hydrogen-bond acceptors (Lipinski definition) is 6. The molecule has 8 heteroatoms. The Labute approximate surface area is 145 Å². The molecular formula is C16H21N7S. The van der Waals surface area contributed by atoms with Crippen molar-refractivity contribution in [1.82, 2.24) is 34.4 Å². The first kappa shape index (κ1) is 15.5. The maximum Gasteiger partial charge on any atom is 0.137 e. The summed E-state index contributed by atoms with van der Waals surface area (Å²) < 4.78 is 3.75. The van der Waals surface area contributed by atoms with Crippen LogP contribution < -0.4 is 0 Å². The van der Waals surface area contributed by atoms with E-state index >= 15 is 0 Å². The smallest absolute Gasteiger partial charge is 0.137 e. The molecule has 3 aromatic heterocycles. The van der Waals surface area contributed by atoms with E-state index in [-0.39, 0.29) is 0 Å². The van der Waals surface area contributed by atoms with Crippen molar-refractivity contribution in [2.24, 2.45) is 7.05 Å². The first-order chi connectivity index (χ1) is 11.8. The number of nitrogens with zero attached hydrogens (tertiary/aromatic N) is 7. The van der Waals surface area contributed by atoms with Crippen molar-refractivity contribution in [2.75, 3.05) is 6.54 Å². The number of aromatic nitrogens is 6. The summed E-state index contributed by atoms with van der Waals surface area (Å²) in [5.74, 6) is 0. The predicted octanol–water partition coefficient (Wildman–Crippen LogP) is 2.19. The van der Waals surface area contributed by atoms with Crippen molar-refractivity contribution >= 4 is 11.3 Å². The van der Waals surface area contributed by atoms with E-state index in [1.807, 2.05) is 28.8 Å². The van der Waals surface area contributed by atoms with Crippen LogP contribution in [0.5, 0.6) is 0 Å². The topological polar surface area (TPSA) is 64.7 Å². The average Bonchev–Trinajstić information content (AvgIpc) is 3.31. The molecule has 0 saturated carbocycles. The van der Waals surface area contributed by atoms with E-state index in [1.165, 1.54) is 19.3 Å². The van der Waals surface area contributed by atoms with Gasteiger partial charge in [0, 0.05) is 36.8 Å². The Balaban J connectivity index is 1.45. The Kier molecular flexibility index (Phi) is 4.40. The maximum absolute atomic E-state index is 4.81. The largest absolute Gasteiger partial charge is 0.293 e. The predicted molar refractivity (Wildman–Crippen MR) is 92.4 cm³/mol. The highest BCUT2D eigenvalue weighted by Gasteiger charge is 2.24. The molecule has 1 aliphatic heterocycles. The minimum atomic E-state index is 0.504. The number of aryl methyl sites for hydroxylation is 1. The SMILES string of the molecule is Cn1cc(-c2nc(CN3CCCC[C@H]3Cn3cncn3)cs2)cn1. The lowest BCUT2D eigenvalue weighted by molar-refractivity contribution is 0.120. The molecule has 3 aromatic rings. The molecule has 0 unspecified atom stereocenters. The van der Waals surface area contributed by atoms with E-state index in [4.69, 9.17) is 4.98 Å². The summed E-state index contributed by atoms with van der Waals surface area (Å²) in [4.78, 5) is 11.4. The van der Waals surface area contributed by atoms with Gasteiger partial charge in [0.05, 0.1) is 18.4 Å². The Hall–Kier alpha value is -2.06. The molecule has 0 amide bonds. The van der Waals surface area contributed by atoms with E-state index in [0.29, 0.717) is 6.04 Å². The van der Waals surface area contributed by atoms with Crippen LogP contribution in [0.15, 0.2) is 30.4 Å². The second kappa shape index (κ2) is 6.82. The second-order valence-corrected chi connectivity index (χ2v) is 7.14. The van der Waals surface area contributed by atoms with Gasteiger partial charge in [-0.2, -0.15) is 10.2 Å². The van der Waals surface area contributed by atoms with Crippen LogP contribution in [0, 0.1) is 0 Å². The van der Waals surface area contributed by atoms with Crippen LogP contribution in [0.1, 0.15) is 25.0 Å². The van der Waals surface area contributed by atoms with E-state index in [1.54, 1.807) is 24.0 Å². The van der Waals surface area contributed by atoms with Crippen molar-refractivity contribution in [3.63, 3.8) is 0 Å². The van der Waals surface area contributed by atoms with Crippen LogP contribution >= 0.6 is 11.3 Å². The van der Waals surface area contributed by atoms with Gasteiger partial charge in [-0.05, 0) is 19.4 Å². The Bertz CT molecular complexity index is 776. The van der Waals surface area contributed by atoms with Gasteiger partial charge in [0.2, 0.25) is 0 Å². The van der Waals surface area contributed by atoms with Crippen molar-refractivity contribution in [2.45, 2.75) is 38.4 Å². The Morgan fingerprint density at radius 1 is 1.29 bits per heavy atom. The van der Waals surface area contributed by atoms with Crippen LogP contribution in [0.3, 0.4) is 0 Å². The zero-order valence-corrected chi connectivity index (χ0v) is 14.6. The molecule has 1 atom stereocenters. The van der Waals surface area contributed by atoms with E-state index in [2.05, 4.69) is 25.5 Å². The van der Waals surface area contributed by atoms with Gasteiger partial charge in [-0.3, -0.25) is 14.3 Å². The fourth-order valence-electron chi connectivity index (χ4n) is 3.27. The quantitative estimate of drug-likeness (QED) is 0.710. The van der Waals surface area contributed by atoms with Crippen LogP contribution in [-0.2, 0) is 20.1 Å². The molecule has 1 aliphatic rings. The molecule has 7 nitrogen and oxygen atoms in total. The highest BCUT2D eigenvalue weighted by Crippen LogP contribution is 2.26. The van der Waals surface area contributed by atoms with Gasteiger partial charge in [0.15, 0.2) is 0 Å². The van der Waals surface area contributed by atoms with Crippen LogP contribution in [-0.4, -0.2) is 47.0 Å². The maximum atomic E-state index is 4.81. The molecule has 0 radical (unpaired) electrons. The third-order valence-corrected chi connectivity index (χ3v) is 5.42. The zero-order chi connectivity index (χ0) is 16.4. The van der Waals surface area contributed by atoms with Crippen LogP contribution in [0.4, 0.5) is 0 Å². The molecule has 1 fully saturated rings. The van der Waals surface area contributed by atoms with Gasteiger partial charge in [0.25, 0.3) is 0 Å². The van der Waals surface area contributed by atoms with Crippen LogP contribution in [0.25, 0.3) is 10.6 Å². The van der Waals surface area contributed by atoms with Gasteiger partial charge >= 0.3 is 0 Å². The lowest BCUT2D eigenvalue weighted by Gasteiger charge is -2.35. The van der Waals surface area contributed by atoms with Gasteiger partial charge in [0.1, 0.15) is 17.7 Å². The minimum Gasteiger partial charge on any atom is -0.293 e. The molecule has 4 heterocycles. The summed E-state index contributed by atoms with van der Waals surface area (Å²) in [7, 11) is 1.93. The highest BCUT2D eigenvalue weighted by atomic mass is 32.1. The van der Waals surface area contributed by atoms with Crippen molar-refractivity contribution in [1.29, 1.82) is 0 Å². The van der Waals surface area contributed by atoms with E-state index < -0.39 is 0 Å². The van der Waals surface area contributed by atoms with E-state index in [0.717, 1.165) is 35.9 Å². The molecule has 0 aliphatic carbocycles. The molecule has 0 N–H and O–H groups in total. The fraction of sp³-hybridized carbons (Fsp3) is 0.500. The molecule has 24 heavy (non-hydrogen) atoms. The van der Waals surface area contributed by atoms with Gasteiger partial charge in [-0.1, -0.05) is 6.42 Å². The van der Waals surface area contributed by atoms with E-state index in [9.17, 15) is 0 Å². The van der Waals surface area contributed by atoms with Crippen molar-refractivity contribution < 1.29 is 0 Å². The van der Waals surface area contributed by atoms with Gasteiger partial charge in [-0.25, -0.2) is 9.97 Å². The zero-order valence-electron chi connectivity index (χ0n) is 13.7. The normalized spacial score (nSPS) is 19.0. The number of hydrogen-bond donors (Lipinski definition) is 0. The highest BCUT2D eigenvalue weighted by molar-refractivity contribution is 7.13. The Morgan fingerprint density at radius 2 is 2.25 bits per heavy atom. The molecule has 0 spiro atoms. The summed E-state index contributed by atoms with van der Waals surface area (Å²) in [6.07, 6.45) is 11.0. The number of likely N-dealkylation sites (tertiary alicyclic amines) is 1. The standard InChI is InChI=1S/C16H21N7S/c1-21-7-13(6-18-21)16-20-14(10-24-16)8-22-5-3-2-4-15(22)9-23-12-17-11-19-23/h6-7,10-12,15H,2-5,8-9H2,1H3/t15-/m0/s1. The molecule has 0 aromatic carbocycles. The number of thiazole rings is 1. The summed E-state index contributed by atoms with van der Waals surface area (Å²) >= 11 is 1.69. The molecular weight excluding hydrogens is 322 g/mol. The monoisotopic (exact) mass is 343 g/mol. The molecule has 0 bridgehead atoms. The third-order valence-electron chi connectivity index (χ3n) is 4.48. The summed E-state index contributed by atoms with van der Waals surface area (Å²) in [5.41, 5.74) is 2.23. The lowest BCUT2D eigenvalue weighted by atomic mass is 10.0. The van der Waals surface area contributed by atoms with Crippen LogP contribution in [0.2, 0.25) is 0 Å². The lowest BCUT2D eigenvalue weighted by Crippen LogP contribution is -2.41. The van der Waals surface area contributed by atoms with Crippen molar-refractivity contribution in [3.8, 4) is 10.6 Å². The third kappa shape index (κ3) is 3.39. The number of rotatable bonds is 5. The minimum absolute atomic E-state index is 0.504. The number of piperidine rings is 1. The summed E-state index contributed by atoms with van der Waals surface area (Å²) in [6.45, 7) is 2.93. The van der Waals surface area contributed by atoms with Crippen molar-refractivity contribution in [3.05, 3.63) is 36.1 Å². The second-order valence-electron chi connectivity index (χ2n) is 6.28. The van der Waals surface area contributed by atoms with Gasteiger partial charge < -0.3 is 0 Å². The summed E-state index contributed by atoms with van der Waals surface area (Å²) in [5, 5.41) is 11.7. The Morgan fingerprint density at radius 3 is 3.04 bits per heavy atom. The van der Waals surface area contributed by atoms with Gasteiger partial charge in [-0.15, -0.1) is 11.3 Å². The summed E-state index contributed by atoms with van der Waals surface area (Å²) in [6, 6.07) is 0.504. The molecule has 4 rings (SSSR count). The molecule has 1 saturated heterocycles. The fourth-order valence-corrected chi connectivity index (χ4v) is 4.06. The molecule has 126 valence electrons.